The van der Waals surface area contributed by atoms with E-state index < -0.39 is 0 Å². The Morgan fingerprint density at radius 2 is 2.04 bits per heavy atom. The van der Waals surface area contributed by atoms with Gasteiger partial charge < -0.3 is 9.88 Å². The maximum atomic E-state index is 14.1. The molecule has 0 saturated carbocycles. The Kier molecular flexibility index (Phi) is 4.52. The molecule has 0 spiro atoms. The van der Waals surface area contributed by atoms with Gasteiger partial charge in [-0.1, -0.05) is 23.7 Å². The van der Waals surface area contributed by atoms with Gasteiger partial charge in [0.1, 0.15) is 17.5 Å². The molecule has 4 rings (SSSR count). The number of nitrogens with one attached hydrogen (secondary N) is 1. The van der Waals surface area contributed by atoms with E-state index in [1.807, 2.05) is 12.1 Å². The fourth-order valence-electron chi connectivity index (χ4n) is 3.68. The molecule has 0 radical (unpaired) electrons. The Morgan fingerprint density at radius 1 is 1.21 bits per heavy atom. The minimum absolute atomic E-state index is 0.200. The molecule has 0 aliphatic carbocycles. The van der Waals surface area contributed by atoms with Gasteiger partial charge in [-0.05, 0) is 32.0 Å². The summed E-state index contributed by atoms with van der Waals surface area (Å²) in [5, 5.41) is 12.3. The van der Waals surface area contributed by atoms with Gasteiger partial charge in [0.15, 0.2) is 0 Å². The molecule has 0 atom stereocenters. The van der Waals surface area contributed by atoms with Crippen LogP contribution in [-0.2, 0) is 19.6 Å². The fraction of sp³-hybridized carbons (Fsp3) is 0.529. The molecule has 128 valence electrons. The van der Waals surface area contributed by atoms with Crippen molar-refractivity contribution in [1.29, 1.82) is 0 Å². The van der Waals surface area contributed by atoms with E-state index in [-0.39, 0.29) is 10.8 Å². The van der Waals surface area contributed by atoms with Gasteiger partial charge in [0.2, 0.25) is 0 Å². The molecule has 5 nitrogen and oxygen atoms in total. The fourth-order valence-corrected chi connectivity index (χ4v) is 3.87. The zero-order valence-electron chi connectivity index (χ0n) is 13.5. The third-order valence-corrected chi connectivity index (χ3v) is 5.32. The number of aromatic nitrogens is 3. The highest BCUT2D eigenvalue weighted by Gasteiger charge is 2.27. The minimum atomic E-state index is -0.291. The summed E-state index contributed by atoms with van der Waals surface area (Å²) in [6.45, 7) is 5.23. The van der Waals surface area contributed by atoms with Crippen molar-refractivity contribution in [3.05, 3.63) is 46.3 Å². The Morgan fingerprint density at radius 3 is 2.88 bits per heavy atom. The van der Waals surface area contributed by atoms with Gasteiger partial charge in [0, 0.05) is 31.1 Å². The number of halogens is 2. The van der Waals surface area contributed by atoms with Gasteiger partial charge in [-0.15, -0.1) is 10.2 Å². The maximum absolute atomic E-state index is 14.1. The lowest BCUT2D eigenvalue weighted by molar-refractivity contribution is 0.197. The number of hydrogen-bond donors (Lipinski definition) is 1. The van der Waals surface area contributed by atoms with Crippen LogP contribution in [0, 0.1) is 5.82 Å². The van der Waals surface area contributed by atoms with Crippen molar-refractivity contribution < 1.29 is 4.39 Å². The molecule has 2 aliphatic rings. The van der Waals surface area contributed by atoms with Crippen molar-refractivity contribution >= 4 is 11.6 Å². The summed E-state index contributed by atoms with van der Waals surface area (Å²) >= 11 is 5.87. The highest BCUT2D eigenvalue weighted by Crippen LogP contribution is 2.29. The summed E-state index contributed by atoms with van der Waals surface area (Å²) in [6, 6.07) is 5.22. The van der Waals surface area contributed by atoms with Crippen LogP contribution in [0.1, 0.15) is 36.0 Å². The van der Waals surface area contributed by atoms with Gasteiger partial charge in [0.25, 0.3) is 0 Å². The normalized spacial score (nSPS) is 19.4. The van der Waals surface area contributed by atoms with Crippen molar-refractivity contribution in [2.24, 2.45) is 0 Å². The number of nitrogens with zero attached hydrogens (tertiary/aromatic N) is 4. The van der Waals surface area contributed by atoms with E-state index in [4.69, 9.17) is 11.6 Å². The quantitative estimate of drug-likeness (QED) is 0.925. The molecule has 7 heteroatoms. The van der Waals surface area contributed by atoms with E-state index in [1.165, 1.54) is 0 Å². The Labute approximate surface area is 145 Å². The van der Waals surface area contributed by atoms with Crippen LogP contribution >= 0.6 is 11.6 Å². The average Bonchev–Trinajstić information content (AvgIpc) is 3.04. The predicted molar refractivity (Wildman–Crippen MR) is 90.4 cm³/mol. The lowest BCUT2D eigenvalue weighted by atomic mass is 9.95. The zero-order valence-corrected chi connectivity index (χ0v) is 14.3. The first-order valence-corrected chi connectivity index (χ1v) is 8.88. The average molecular weight is 350 g/mol. The molecule has 1 aromatic heterocycles. The molecule has 0 bridgehead atoms. The molecule has 24 heavy (non-hydrogen) atoms. The van der Waals surface area contributed by atoms with Crippen LogP contribution in [0.5, 0.6) is 0 Å². The third-order valence-electron chi connectivity index (χ3n) is 5.03. The summed E-state index contributed by atoms with van der Waals surface area (Å²) in [5.41, 5.74) is 0.673. The molecular weight excluding hydrogens is 329 g/mol. The highest BCUT2D eigenvalue weighted by molar-refractivity contribution is 6.30. The van der Waals surface area contributed by atoms with Crippen LogP contribution in [0.25, 0.3) is 0 Å². The van der Waals surface area contributed by atoms with Crippen LogP contribution in [0.4, 0.5) is 4.39 Å². The van der Waals surface area contributed by atoms with Crippen LogP contribution in [0.15, 0.2) is 18.2 Å². The molecule has 2 aromatic rings. The lowest BCUT2D eigenvalue weighted by Crippen LogP contribution is -2.35. The molecule has 1 saturated heterocycles. The van der Waals surface area contributed by atoms with E-state index >= 15 is 0 Å². The van der Waals surface area contributed by atoms with Gasteiger partial charge in [0.05, 0.1) is 11.6 Å². The van der Waals surface area contributed by atoms with E-state index in [9.17, 15) is 4.39 Å². The van der Waals surface area contributed by atoms with E-state index in [1.54, 1.807) is 6.07 Å². The zero-order chi connectivity index (χ0) is 16.5. The molecule has 0 amide bonds. The van der Waals surface area contributed by atoms with Crippen molar-refractivity contribution in [2.75, 3.05) is 19.6 Å². The van der Waals surface area contributed by atoms with Gasteiger partial charge >= 0.3 is 0 Å². The Bertz CT molecular complexity index is 724. The molecule has 1 aromatic carbocycles. The maximum Gasteiger partial charge on any atom is 0.147 e. The summed E-state index contributed by atoms with van der Waals surface area (Å²) in [7, 11) is 0. The summed E-state index contributed by atoms with van der Waals surface area (Å²) < 4.78 is 16.3. The standard InChI is InChI=1S/C17H21ClFN5/c18-14-3-1-2-13(16(14)19)11-23-7-4-12(5-8-23)17-22-21-15-10-20-6-9-24(15)17/h1-3,12,20H,4-11H2. The molecule has 3 heterocycles. The molecule has 1 N–H and O–H groups in total. The van der Waals surface area contributed by atoms with Gasteiger partial charge in [-0.2, -0.15) is 0 Å². The van der Waals surface area contributed by atoms with Gasteiger partial charge in [-0.25, -0.2) is 4.39 Å². The van der Waals surface area contributed by atoms with Crippen LogP contribution in [-0.4, -0.2) is 39.3 Å². The Balaban J connectivity index is 1.40. The molecule has 1 fully saturated rings. The minimum Gasteiger partial charge on any atom is -0.312 e. The number of benzene rings is 1. The second-order valence-corrected chi connectivity index (χ2v) is 6.97. The number of piperidine rings is 1. The van der Waals surface area contributed by atoms with E-state index in [0.29, 0.717) is 18.0 Å². The monoisotopic (exact) mass is 349 g/mol. The summed E-state index contributed by atoms with van der Waals surface area (Å²) in [6.07, 6.45) is 2.07. The number of rotatable bonds is 3. The van der Waals surface area contributed by atoms with Crippen LogP contribution in [0.3, 0.4) is 0 Å². The predicted octanol–water partition coefficient (Wildman–Crippen LogP) is 2.55. The Hall–Kier alpha value is -1.50. The largest absolute Gasteiger partial charge is 0.312 e. The number of likely N-dealkylation sites (tertiary alicyclic amines) is 1. The molecule has 2 aliphatic heterocycles. The first-order chi connectivity index (χ1) is 11.7. The first kappa shape index (κ1) is 16.0. The van der Waals surface area contributed by atoms with Crippen molar-refractivity contribution in [3.8, 4) is 0 Å². The van der Waals surface area contributed by atoms with E-state index in [0.717, 1.165) is 57.2 Å². The third kappa shape index (κ3) is 3.06. The summed E-state index contributed by atoms with van der Waals surface area (Å²) in [4.78, 5) is 2.29. The van der Waals surface area contributed by atoms with Crippen molar-refractivity contribution in [3.63, 3.8) is 0 Å². The van der Waals surface area contributed by atoms with E-state index in [2.05, 4.69) is 25.0 Å². The SMILES string of the molecule is Fc1c(Cl)cccc1CN1CCC(c2nnc3n2CCNC3)CC1. The second-order valence-electron chi connectivity index (χ2n) is 6.57. The molecule has 0 unspecified atom stereocenters. The summed E-state index contributed by atoms with van der Waals surface area (Å²) in [5.74, 6) is 2.32. The van der Waals surface area contributed by atoms with Crippen LogP contribution < -0.4 is 5.32 Å². The first-order valence-electron chi connectivity index (χ1n) is 8.50. The number of hydrogen-bond acceptors (Lipinski definition) is 4. The molecular formula is C17H21ClFN5. The highest BCUT2D eigenvalue weighted by atomic mass is 35.5. The smallest absolute Gasteiger partial charge is 0.147 e. The second kappa shape index (κ2) is 6.78. The van der Waals surface area contributed by atoms with Crippen molar-refractivity contribution in [1.82, 2.24) is 25.0 Å². The van der Waals surface area contributed by atoms with Crippen LogP contribution in [0.2, 0.25) is 5.02 Å². The van der Waals surface area contributed by atoms with Gasteiger partial charge in [-0.3, -0.25) is 4.90 Å². The lowest BCUT2D eigenvalue weighted by Gasteiger charge is -2.32. The number of fused-ring (bicyclic) bond motifs is 1. The topological polar surface area (TPSA) is 46.0 Å². The van der Waals surface area contributed by atoms with Crippen molar-refractivity contribution in [2.45, 2.75) is 38.4 Å².